The first kappa shape index (κ1) is 21.3. The van der Waals surface area contributed by atoms with Gasteiger partial charge in [-0.05, 0) is 30.5 Å². The van der Waals surface area contributed by atoms with Gasteiger partial charge in [0.25, 0.3) is 0 Å². The zero-order valence-corrected chi connectivity index (χ0v) is 17.9. The van der Waals surface area contributed by atoms with Crippen molar-refractivity contribution in [1.82, 2.24) is 14.8 Å². The highest BCUT2D eigenvalue weighted by Crippen LogP contribution is 2.27. The van der Waals surface area contributed by atoms with E-state index in [0.717, 1.165) is 5.56 Å². The van der Waals surface area contributed by atoms with Gasteiger partial charge in [-0.15, -0.1) is 0 Å². The van der Waals surface area contributed by atoms with Crippen molar-refractivity contribution in [1.29, 1.82) is 0 Å². The minimum atomic E-state index is -0.543. The number of carbonyl (C=O) groups is 2. The summed E-state index contributed by atoms with van der Waals surface area (Å²) < 4.78 is 11.4. The van der Waals surface area contributed by atoms with Crippen molar-refractivity contribution in [3.05, 3.63) is 60.4 Å². The van der Waals surface area contributed by atoms with E-state index < -0.39 is 6.04 Å². The molecule has 3 heterocycles. The molecule has 0 N–H and O–H groups in total. The van der Waals surface area contributed by atoms with Gasteiger partial charge in [-0.2, -0.15) is 0 Å². The van der Waals surface area contributed by atoms with Crippen molar-refractivity contribution in [2.45, 2.75) is 31.3 Å². The van der Waals surface area contributed by atoms with E-state index in [-0.39, 0.29) is 23.8 Å². The van der Waals surface area contributed by atoms with Crippen LogP contribution in [0.25, 0.3) is 0 Å². The molecule has 4 rings (SSSR count). The average molecular weight is 424 g/mol. The molecule has 2 aliphatic rings. The van der Waals surface area contributed by atoms with Gasteiger partial charge in [-0.25, -0.2) is 0 Å². The number of piperazine rings is 1. The summed E-state index contributed by atoms with van der Waals surface area (Å²) in [5.41, 5.74) is 1.04. The molecule has 7 heteroatoms. The van der Waals surface area contributed by atoms with Gasteiger partial charge in [0.15, 0.2) is 0 Å². The van der Waals surface area contributed by atoms with Crippen LogP contribution in [-0.2, 0) is 20.7 Å². The zero-order chi connectivity index (χ0) is 21.6. The molecule has 2 atom stereocenters. The lowest BCUT2D eigenvalue weighted by atomic mass is 9.92. The van der Waals surface area contributed by atoms with Crippen LogP contribution < -0.4 is 4.74 Å². The summed E-state index contributed by atoms with van der Waals surface area (Å²) >= 11 is 0. The van der Waals surface area contributed by atoms with Crippen LogP contribution in [0.15, 0.2) is 54.9 Å². The first-order valence-electron chi connectivity index (χ1n) is 10.8. The van der Waals surface area contributed by atoms with Gasteiger partial charge in [0.1, 0.15) is 18.4 Å². The van der Waals surface area contributed by atoms with Gasteiger partial charge in [-0.3, -0.25) is 14.6 Å². The number of nitrogens with zero attached hydrogens (tertiary/aromatic N) is 3. The third-order valence-electron chi connectivity index (χ3n) is 6.05. The standard InChI is InChI=1S/C24H29N3O4/c1-26-16-20(17-31-21-8-5-11-25-15-21)27(23(28)19-9-12-30-13-10-19)22(24(26)29)14-18-6-3-2-4-7-18/h2-8,11,15,19-20,22H,9-10,12-14,16-17H2,1H3/t20-,22-/m0/s1. The Morgan fingerprint density at radius 2 is 1.94 bits per heavy atom. The highest BCUT2D eigenvalue weighted by molar-refractivity contribution is 5.90. The van der Waals surface area contributed by atoms with Crippen LogP contribution >= 0.6 is 0 Å². The van der Waals surface area contributed by atoms with Gasteiger partial charge in [0.2, 0.25) is 11.8 Å². The van der Waals surface area contributed by atoms with E-state index in [1.807, 2.05) is 47.4 Å². The predicted molar refractivity (Wildman–Crippen MR) is 115 cm³/mol. The van der Waals surface area contributed by atoms with Crippen molar-refractivity contribution in [3.63, 3.8) is 0 Å². The second-order valence-corrected chi connectivity index (χ2v) is 8.21. The molecular formula is C24H29N3O4. The second-order valence-electron chi connectivity index (χ2n) is 8.21. The topological polar surface area (TPSA) is 72.0 Å². The van der Waals surface area contributed by atoms with Crippen molar-refractivity contribution in [2.24, 2.45) is 5.92 Å². The van der Waals surface area contributed by atoms with E-state index in [4.69, 9.17) is 9.47 Å². The maximum Gasteiger partial charge on any atom is 0.245 e. The molecular weight excluding hydrogens is 394 g/mol. The lowest BCUT2D eigenvalue weighted by Crippen LogP contribution is -2.65. The van der Waals surface area contributed by atoms with E-state index in [1.54, 1.807) is 24.3 Å². The maximum absolute atomic E-state index is 13.7. The third kappa shape index (κ3) is 5.05. The number of pyridine rings is 1. The van der Waals surface area contributed by atoms with Crippen LogP contribution in [0.3, 0.4) is 0 Å². The van der Waals surface area contributed by atoms with E-state index in [9.17, 15) is 9.59 Å². The molecule has 0 bridgehead atoms. The van der Waals surface area contributed by atoms with Crippen molar-refractivity contribution < 1.29 is 19.1 Å². The van der Waals surface area contributed by atoms with Crippen molar-refractivity contribution in [2.75, 3.05) is 33.4 Å². The number of likely N-dealkylation sites (N-methyl/N-ethyl adjacent to an activating group) is 1. The van der Waals surface area contributed by atoms with Crippen molar-refractivity contribution >= 4 is 11.8 Å². The van der Waals surface area contributed by atoms with Crippen LogP contribution in [0.5, 0.6) is 5.75 Å². The molecule has 2 amide bonds. The maximum atomic E-state index is 13.7. The fourth-order valence-electron chi connectivity index (χ4n) is 4.39. The Morgan fingerprint density at radius 3 is 2.65 bits per heavy atom. The third-order valence-corrected chi connectivity index (χ3v) is 6.05. The quantitative estimate of drug-likeness (QED) is 0.712. The van der Waals surface area contributed by atoms with E-state index in [0.29, 0.717) is 51.4 Å². The fraction of sp³-hybridized carbons (Fsp3) is 0.458. The number of aromatic nitrogens is 1. The molecule has 2 saturated heterocycles. The van der Waals surface area contributed by atoms with E-state index >= 15 is 0 Å². The fourth-order valence-corrected chi connectivity index (χ4v) is 4.39. The predicted octanol–water partition coefficient (Wildman–Crippen LogP) is 2.17. The van der Waals surface area contributed by atoms with Gasteiger partial charge in [0, 0.05) is 45.3 Å². The van der Waals surface area contributed by atoms with Gasteiger partial charge < -0.3 is 19.3 Å². The normalized spacial score (nSPS) is 22.4. The molecule has 2 fully saturated rings. The minimum Gasteiger partial charge on any atom is -0.490 e. The number of hydrogen-bond acceptors (Lipinski definition) is 5. The van der Waals surface area contributed by atoms with Crippen LogP contribution in [0.2, 0.25) is 0 Å². The number of rotatable bonds is 6. The summed E-state index contributed by atoms with van der Waals surface area (Å²) in [6.45, 7) is 1.92. The summed E-state index contributed by atoms with van der Waals surface area (Å²) in [5, 5.41) is 0. The molecule has 0 aliphatic carbocycles. The van der Waals surface area contributed by atoms with Gasteiger partial charge in [0.05, 0.1) is 12.2 Å². The van der Waals surface area contributed by atoms with E-state index in [2.05, 4.69) is 4.98 Å². The smallest absolute Gasteiger partial charge is 0.245 e. The van der Waals surface area contributed by atoms with Crippen LogP contribution in [0.4, 0.5) is 0 Å². The minimum absolute atomic E-state index is 0.0260. The average Bonchev–Trinajstić information content (AvgIpc) is 2.82. The first-order valence-corrected chi connectivity index (χ1v) is 10.8. The molecule has 0 spiro atoms. The lowest BCUT2D eigenvalue weighted by molar-refractivity contribution is -0.160. The van der Waals surface area contributed by atoms with Crippen molar-refractivity contribution in [3.8, 4) is 5.75 Å². The summed E-state index contributed by atoms with van der Waals surface area (Å²) in [6.07, 6.45) is 5.21. The van der Waals surface area contributed by atoms with Crippen LogP contribution in [-0.4, -0.2) is 72.1 Å². The summed E-state index contributed by atoms with van der Waals surface area (Å²) in [6, 6.07) is 12.8. The largest absolute Gasteiger partial charge is 0.490 e. The lowest BCUT2D eigenvalue weighted by Gasteiger charge is -2.46. The molecule has 2 aromatic rings. The Labute approximate surface area is 183 Å². The Balaban J connectivity index is 1.60. The summed E-state index contributed by atoms with van der Waals surface area (Å²) in [5.74, 6) is 0.539. The highest BCUT2D eigenvalue weighted by Gasteiger charge is 2.44. The highest BCUT2D eigenvalue weighted by atomic mass is 16.5. The molecule has 1 aromatic carbocycles. The Morgan fingerprint density at radius 1 is 1.16 bits per heavy atom. The summed E-state index contributed by atoms with van der Waals surface area (Å²) in [7, 11) is 1.80. The Kier molecular flexibility index (Phi) is 6.82. The number of hydrogen-bond donors (Lipinski definition) is 0. The van der Waals surface area contributed by atoms with Crippen LogP contribution in [0, 0.1) is 5.92 Å². The van der Waals surface area contributed by atoms with Crippen LogP contribution in [0.1, 0.15) is 18.4 Å². The number of amides is 2. The molecule has 2 aliphatic heterocycles. The SMILES string of the molecule is CN1C[C@@H](COc2cccnc2)N(C(=O)C2CCOCC2)[C@@H](Cc2ccccc2)C1=O. The first-order chi connectivity index (χ1) is 15.1. The Bertz CT molecular complexity index is 871. The monoisotopic (exact) mass is 423 g/mol. The van der Waals surface area contributed by atoms with Gasteiger partial charge >= 0.3 is 0 Å². The molecule has 0 saturated carbocycles. The number of ether oxygens (including phenoxy) is 2. The second kappa shape index (κ2) is 9.92. The zero-order valence-electron chi connectivity index (χ0n) is 17.9. The molecule has 7 nitrogen and oxygen atoms in total. The summed E-state index contributed by atoms with van der Waals surface area (Å²) in [4.78, 5) is 34.5. The number of benzene rings is 1. The van der Waals surface area contributed by atoms with Gasteiger partial charge in [-0.1, -0.05) is 30.3 Å². The molecule has 31 heavy (non-hydrogen) atoms. The number of carbonyl (C=O) groups excluding carboxylic acids is 2. The molecule has 0 radical (unpaired) electrons. The van der Waals surface area contributed by atoms with E-state index in [1.165, 1.54) is 0 Å². The molecule has 164 valence electrons. The molecule has 1 aromatic heterocycles. The Hall–Kier alpha value is -2.93. The molecule has 0 unspecified atom stereocenters.